The normalized spacial score (nSPS) is 10.5. The molecule has 0 unspecified atom stereocenters. The smallest absolute Gasteiger partial charge is 0.323 e. The Bertz CT molecular complexity index is 1410. The van der Waals surface area contributed by atoms with Gasteiger partial charge in [0.2, 0.25) is 0 Å². The second-order valence-electron chi connectivity index (χ2n) is 8.16. The lowest BCUT2D eigenvalue weighted by Crippen LogP contribution is -2.23. The van der Waals surface area contributed by atoms with E-state index in [1.807, 2.05) is 56.3 Å². The van der Waals surface area contributed by atoms with E-state index in [4.69, 9.17) is 4.74 Å². The number of hydrogen-bond acceptors (Lipinski definition) is 4. The molecule has 0 saturated carbocycles. The summed E-state index contributed by atoms with van der Waals surface area (Å²) in [5.41, 5.74) is 3.81. The Kier molecular flexibility index (Phi) is 6.78. The van der Waals surface area contributed by atoms with E-state index in [-0.39, 0.29) is 0 Å². The van der Waals surface area contributed by atoms with Crippen molar-refractivity contribution in [3.63, 3.8) is 0 Å². The van der Waals surface area contributed by atoms with E-state index in [0.29, 0.717) is 22.7 Å². The van der Waals surface area contributed by atoms with Crippen LogP contribution < -0.4 is 20.7 Å². The molecule has 0 heterocycles. The molecule has 3 N–H and O–H groups in total. The van der Waals surface area contributed by atoms with E-state index < -0.39 is 17.9 Å². The minimum atomic E-state index is -0.447. The van der Waals surface area contributed by atoms with Gasteiger partial charge in [0.1, 0.15) is 5.75 Å². The highest BCUT2D eigenvalue weighted by Gasteiger charge is 2.16. The summed E-state index contributed by atoms with van der Waals surface area (Å²) in [6.07, 6.45) is 0. The van der Waals surface area contributed by atoms with Gasteiger partial charge in [-0.2, -0.15) is 0 Å². The number of amides is 3. The fraction of sp³-hybridized carbons (Fsp3) is 0.107. The first-order valence-electron chi connectivity index (χ1n) is 11.1. The first-order valence-corrected chi connectivity index (χ1v) is 11.1. The van der Waals surface area contributed by atoms with Gasteiger partial charge in [0.05, 0.1) is 11.3 Å². The fourth-order valence-electron chi connectivity index (χ4n) is 3.78. The van der Waals surface area contributed by atoms with Gasteiger partial charge in [-0.25, -0.2) is 4.79 Å². The van der Waals surface area contributed by atoms with Crippen LogP contribution in [0.1, 0.15) is 28.4 Å². The molecular formula is C28H25N3O4. The van der Waals surface area contributed by atoms with Crippen molar-refractivity contribution in [2.45, 2.75) is 20.8 Å². The van der Waals surface area contributed by atoms with Crippen molar-refractivity contribution in [1.29, 1.82) is 0 Å². The molecular weight excluding hydrogens is 442 g/mol. The standard InChI is InChI=1S/C28H25N3O4/c1-17-7-6-8-18(2)26(17)31-28(34)30-25-16-21-10-5-4-9-20(21)15-24(25)27(33)29-22-11-13-23(14-12-22)35-19(3)32/h4-16H,1-3H3,(H,29,33)(H2,30,31,34). The van der Waals surface area contributed by atoms with Crippen molar-refractivity contribution in [3.05, 3.63) is 95.6 Å². The molecule has 0 aliphatic carbocycles. The Morgan fingerprint density at radius 1 is 0.714 bits per heavy atom. The lowest BCUT2D eigenvalue weighted by atomic mass is 10.0. The molecule has 0 saturated heterocycles. The van der Waals surface area contributed by atoms with Crippen molar-refractivity contribution in [3.8, 4) is 5.75 Å². The topological polar surface area (TPSA) is 96.5 Å². The number of nitrogens with one attached hydrogen (secondary N) is 3. The summed E-state index contributed by atoms with van der Waals surface area (Å²) in [5, 5.41) is 10.3. The number of ether oxygens (including phenoxy) is 1. The number of aryl methyl sites for hydroxylation is 2. The molecule has 0 spiro atoms. The summed E-state index contributed by atoms with van der Waals surface area (Å²) in [5.74, 6) is -0.432. The van der Waals surface area contributed by atoms with Crippen LogP contribution in [0.5, 0.6) is 5.75 Å². The van der Waals surface area contributed by atoms with Crippen molar-refractivity contribution in [2.24, 2.45) is 0 Å². The Balaban J connectivity index is 1.61. The van der Waals surface area contributed by atoms with Gasteiger partial charge >= 0.3 is 12.0 Å². The van der Waals surface area contributed by atoms with Crippen molar-refractivity contribution in [1.82, 2.24) is 0 Å². The molecule has 35 heavy (non-hydrogen) atoms. The molecule has 176 valence electrons. The summed E-state index contributed by atoms with van der Waals surface area (Å²) >= 11 is 0. The van der Waals surface area contributed by atoms with Crippen LogP contribution in [0.4, 0.5) is 21.9 Å². The van der Waals surface area contributed by atoms with E-state index in [9.17, 15) is 14.4 Å². The summed E-state index contributed by atoms with van der Waals surface area (Å²) in [7, 11) is 0. The molecule has 0 atom stereocenters. The number of esters is 1. The molecule has 0 aromatic heterocycles. The van der Waals surface area contributed by atoms with E-state index >= 15 is 0 Å². The van der Waals surface area contributed by atoms with Gasteiger partial charge in [-0.1, -0.05) is 42.5 Å². The molecule has 0 fully saturated rings. The highest BCUT2D eigenvalue weighted by atomic mass is 16.5. The zero-order valence-electron chi connectivity index (χ0n) is 19.6. The number of para-hydroxylation sites is 1. The molecule has 0 aliphatic heterocycles. The lowest BCUT2D eigenvalue weighted by Gasteiger charge is -2.16. The number of carbonyl (C=O) groups excluding carboxylic acids is 3. The zero-order valence-corrected chi connectivity index (χ0v) is 19.6. The number of benzene rings is 4. The van der Waals surface area contributed by atoms with Crippen LogP contribution in [-0.2, 0) is 4.79 Å². The lowest BCUT2D eigenvalue weighted by molar-refractivity contribution is -0.131. The molecule has 4 aromatic rings. The van der Waals surface area contributed by atoms with E-state index in [2.05, 4.69) is 16.0 Å². The number of hydrogen-bond donors (Lipinski definition) is 3. The maximum absolute atomic E-state index is 13.2. The van der Waals surface area contributed by atoms with Gasteiger partial charge in [0.15, 0.2) is 0 Å². The van der Waals surface area contributed by atoms with Crippen molar-refractivity contribution in [2.75, 3.05) is 16.0 Å². The van der Waals surface area contributed by atoms with Crippen molar-refractivity contribution < 1.29 is 19.1 Å². The average Bonchev–Trinajstić information content (AvgIpc) is 2.82. The quantitative estimate of drug-likeness (QED) is 0.238. The van der Waals surface area contributed by atoms with Gasteiger partial charge in [-0.05, 0) is 72.1 Å². The summed E-state index contributed by atoms with van der Waals surface area (Å²) in [6, 6.07) is 22.9. The molecule has 7 nitrogen and oxygen atoms in total. The van der Waals surface area contributed by atoms with Gasteiger partial charge in [-0.15, -0.1) is 0 Å². The highest BCUT2D eigenvalue weighted by Crippen LogP contribution is 2.27. The average molecular weight is 468 g/mol. The minimum absolute atomic E-state index is 0.310. The van der Waals surface area contributed by atoms with E-state index in [0.717, 1.165) is 27.6 Å². The largest absolute Gasteiger partial charge is 0.427 e. The zero-order chi connectivity index (χ0) is 24.9. The van der Waals surface area contributed by atoms with E-state index in [1.165, 1.54) is 6.92 Å². The number of rotatable bonds is 5. The van der Waals surface area contributed by atoms with Gasteiger partial charge in [0.25, 0.3) is 5.91 Å². The summed E-state index contributed by atoms with van der Waals surface area (Å²) in [4.78, 5) is 37.2. The van der Waals surface area contributed by atoms with Gasteiger partial charge in [-0.3, -0.25) is 9.59 Å². The van der Waals surface area contributed by atoms with Crippen LogP contribution >= 0.6 is 0 Å². The maximum atomic E-state index is 13.2. The molecule has 7 heteroatoms. The first-order chi connectivity index (χ1) is 16.8. The third kappa shape index (κ3) is 5.65. The summed E-state index contributed by atoms with van der Waals surface area (Å²) in [6.45, 7) is 5.16. The predicted octanol–water partition coefficient (Wildman–Crippen LogP) is 6.28. The van der Waals surface area contributed by atoms with Gasteiger partial charge in [0, 0.05) is 18.3 Å². The minimum Gasteiger partial charge on any atom is -0.427 e. The Morgan fingerprint density at radius 2 is 1.34 bits per heavy atom. The third-order valence-electron chi connectivity index (χ3n) is 5.47. The Labute approximate surface area is 203 Å². The SMILES string of the molecule is CC(=O)Oc1ccc(NC(=O)c2cc3ccccc3cc2NC(=O)Nc2c(C)cccc2C)cc1. The molecule has 0 radical (unpaired) electrons. The van der Waals surface area contributed by atoms with Gasteiger partial charge < -0.3 is 20.7 Å². The van der Waals surface area contributed by atoms with Crippen LogP contribution in [0.25, 0.3) is 10.8 Å². The van der Waals surface area contributed by atoms with E-state index in [1.54, 1.807) is 36.4 Å². The van der Waals surface area contributed by atoms with Crippen LogP contribution in [0.2, 0.25) is 0 Å². The molecule has 3 amide bonds. The number of urea groups is 1. The predicted molar refractivity (Wildman–Crippen MR) is 138 cm³/mol. The fourth-order valence-corrected chi connectivity index (χ4v) is 3.78. The maximum Gasteiger partial charge on any atom is 0.323 e. The second-order valence-corrected chi connectivity index (χ2v) is 8.16. The summed E-state index contributed by atoms with van der Waals surface area (Å²) < 4.78 is 5.03. The van der Waals surface area contributed by atoms with Crippen molar-refractivity contribution >= 4 is 45.7 Å². The van der Waals surface area contributed by atoms with Crippen LogP contribution in [0, 0.1) is 13.8 Å². The van der Waals surface area contributed by atoms with Crippen LogP contribution in [-0.4, -0.2) is 17.9 Å². The number of fused-ring (bicyclic) bond motifs is 1. The Hall–Kier alpha value is -4.65. The number of anilines is 3. The number of carbonyl (C=O) groups is 3. The van der Waals surface area contributed by atoms with Crippen LogP contribution in [0.15, 0.2) is 78.9 Å². The molecule has 4 rings (SSSR count). The van der Waals surface area contributed by atoms with Crippen LogP contribution in [0.3, 0.4) is 0 Å². The highest BCUT2D eigenvalue weighted by molar-refractivity contribution is 6.14. The Morgan fingerprint density at radius 3 is 1.97 bits per heavy atom. The molecule has 0 bridgehead atoms. The first kappa shape index (κ1) is 23.5. The second kappa shape index (κ2) is 10.1. The molecule has 0 aliphatic rings. The monoisotopic (exact) mass is 467 g/mol. The third-order valence-corrected chi connectivity index (χ3v) is 5.47. The molecule has 4 aromatic carbocycles.